The van der Waals surface area contributed by atoms with E-state index in [4.69, 9.17) is 9.72 Å². The van der Waals surface area contributed by atoms with E-state index in [1.54, 1.807) is 18.4 Å². The molecule has 28 heavy (non-hydrogen) atoms. The van der Waals surface area contributed by atoms with E-state index < -0.39 is 0 Å². The molecular weight excluding hydrogens is 366 g/mol. The number of nitrogens with one attached hydrogen (secondary N) is 1. The summed E-state index contributed by atoms with van der Waals surface area (Å²) in [5, 5.41) is 6.70. The predicted molar refractivity (Wildman–Crippen MR) is 118 cm³/mol. The molecule has 0 saturated carbocycles. The number of hydrogen-bond donors (Lipinski definition) is 1. The first-order valence-electron chi connectivity index (χ1n) is 9.32. The second kappa shape index (κ2) is 7.60. The van der Waals surface area contributed by atoms with Crippen LogP contribution in [-0.4, -0.2) is 17.1 Å². The minimum Gasteiger partial charge on any atom is -0.497 e. The Kier molecular flexibility index (Phi) is 5.01. The molecule has 1 N–H and O–H groups in total. The third-order valence-corrected chi connectivity index (χ3v) is 5.66. The molecule has 4 rings (SSSR count). The number of thiophene rings is 1. The topological polar surface area (TPSA) is 47.0 Å². The van der Waals surface area contributed by atoms with Crippen molar-refractivity contribution in [3.63, 3.8) is 0 Å². The number of aromatic nitrogens is 2. The first-order chi connectivity index (χ1) is 13.5. The lowest BCUT2D eigenvalue weighted by Gasteiger charge is -2.11. The summed E-state index contributed by atoms with van der Waals surface area (Å²) in [5.74, 6) is 2.96. The van der Waals surface area contributed by atoms with Gasteiger partial charge in [-0.15, -0.1) is 11.3 Å². The van der Waals surface area contributed by atoms with Crippen LogP contribution in [0, 0.1) is 6.92 Å². The van der Waals surface area contributed by atoms with Crippen molar-refractivity contribution < 1.29 is 4.74 Å². The molecule has 0 unspecified atom stereocenters. The zero-order valence-electron chi connectivity index (χ0n) is 16.5. The Balaban J connectivity index is 1.77. The lowest BCUT2D eigenvalue weighted by atomic mass is 10.0. The minimum atomic E-state index is 0.514. The summed E-state index contributed by atoms with van der Waals surface area (Å²) < 4.78 is 5.28. The Labute approximate surface area is 169 Å². The van der Waals surface area contributed by atoms with E-state index in [2.05, 4.69) is 65.9 Å². The van der Waals surface area contributed by atoms with Crippen molar-refractivity contribution in [1.29, 1.82) is 0 Å². The minimum absolute atomic E-state index is 0.514. The van der Waals surface area contributed by atoms with E-state index in [-0.39, 0.29) is 0 Å². The summed E-state index contributed by atoms with van der Waals surface area (Å²) in [6.07, 6.45) is 0. The number of methoxy groups -OCH3 is 1. The van der Waals surface area contributed by atoms with E-state index >= 15 is 0 Å². The van der Waals surface area contributed by atoms with Gasteiger partial charge in [-0.05, 0) is 48.2 Å². The third-order valence-electron chi connectivity index (χ3n) is 4.79. The largest absolute Gasteiger partial charge is 0.497 e. The molecule has 0 fully saturated rings. The average molecular weight is 390 g/mol. The van der Waals surface area contributed by atoms with Gasteiger partial charge in [-0.2, -0.15) is 0 Å². The molecule has 0 bridgehead atoms. The van der Waals surface area contributed by atoms with E-state index in [9.17, 15) is 0 Å². The molecule has 142 valence electrons. The molecule has 0 aliphatic rings. The number of fused-ring (bicyclic) bond motifs is 1. The van der Waals surface area contributed by atoms with Gasteiger partial charge in [0.2, 0.25) is 0 Å². The maximum absolute atomic E-state index is 5.28. The standard InChI is InChI=1S/C23H23N3OS/c1-14(2)16-5-9-18(10-6-16)26-22-21-20(13-28-23(21)25-15(3)24-22)17-7-11-19(27-4)12-8-17/h5-14H,1-4H3,(H,24,25,26). The predicted octanol–water partition coefficient (Wildman–Crippen LogP) is 6.54. The molecule has 0 aliphatic heterocycles. The third kappa shape index (κ3) is 3.58. The molecule has 0 amide bonds. The van der Waals surface area contributed by atoms with Crippen molar-refractivity contribution in [3.05, 3.63) is 65.3 Å². The summed E-state index contributed by atoms with van der Waals surface area (Å²) in [4.78, 5) is 10.3. The van der Waals surface area contributed by atoms with Gasteiger partial charge in [0.1, 0.15) is 22.2 Å². The Hall–Kier alpha value is -2.92. The van der Waals surface area contributed by atoms with Gasteiger partial charge in [0.15, 0.2) is 0 Å². The van der Waals surface area contributed by atoms with Gasteiger partial charge in [-0.1, -0.05) is 38.1 Å². The zero-order valence-corrected chi connectivity index (χ0v) is 17.3. The lowest BCUT2D eigenvalue weighted by Crippen LogP contribution is -1.99. The molecule has 0 atom stereocenters. The number of nitrogens with zero attached hydrogens (tertiary/aromatic N) is 2. The maximum Gasteiger partial charge on any atom is 0.143 e. The molecule has 0 saturated heterocycles. The van der Waals surface area contributed by atoms with Gasteiger partial charge in [0.05, 0.1) is 12.5 Å². The average Bonchev–Trinajstić information content (AvgIpc) is 3.12. The number of rotatable bonds is 5. The van der Waals surface area contributed by atoms with Gasteiger partial charge in [-0.25, -0.2) is 9.97 Å². The molecule has 5 heteroatoms. The molecule has 4 nitrogen and oxygen atoms in total. The smallest absolute Gasteiger partial charge is 0.143 e. The second-order valence-electron chi connectivity index (χ2n) is 7.08. The van der Waals surface area contributed by atoms with Crippen molar-refractivity contribution in [1.82, 2.24) is 9.97 Å². The Morgan fingerprint density at radius 2 is 1.68 bits per heavy atom. The fraction of sp³-hybridized carbons (Fsp3) is 0.217. The summed E-state index contributed by atoms with van der Waals surface area (Å²) >= 11 is 1.64. The molecular formula is C23H23N3OS. The van der Waals surface area contributed by atoms with Gasteiger partial charge in [0.25, 0.3) is 0 Å². The van der Waals surface area contributed by atoms with Crippen molar-refractivity contribution in [2.24, 2.45) is 0 Å². The van der Waals surface area contributed by atoms with E-state index in [0.29, 0.717) is 5.92 Å². The highest BCUT2D eigenvalue weighted by atomic mass is 32.1. The number of ether oxygens (including phenoxy) is 1. The summed E-state index contributed by atoms with van der Waals surface area (Å²) in [6.45, 7) is 6.33. The molecule has 0 radical (unpaired) electrons. The van der Waals surface area contributed by atoms with Crippen LogP contribution in [0.15, 0.2) is 53.9 Å². The van der Waals surface area contributed by atoms with Crippen LogP contribution < -0.4 is 10.1 Å². The Morgan fingerprint density at radius 3 is 2.32 bits per heavy atom. The quantitative estimate of drug-likeness (QED) is 0.421. The van der Waals surface area contributed by atoms with Crippen LogP contribution in [0.2, 0.25) is 0 Å². The van der Waals surface area contributed by atoms with Crippen molar-refractivity contribution in [2.75, 3.05) is 12.4 Å². The van der Waals surface area contributed by atoms with Gasteiger partial charge in [-0.3, -0.25) is 0 Å². The normalized spacial score (nSPS) is 11.2. The highest BCUT2D eigenvalue weighted by Crippen LogP contribution is 2.38. The van der Waals surface area contributed by atoms with Crippen LogP contribution in [0.25, 0.3) is 21.3 Å². The van der Waals surface area contributed by atoms with Crippen molar-refractivity contribution >= 4 is 33.1 Å². The lowest BCUT2D eigenvalue weighted by molar-refractivity contribution is 0.415. The summed E-state index contributed by atoms with van der Waals surface area (Å²) in [5.41, 5.74) is 4.60. The van der Waals surface area contributed by atoms with Crippen LogP contribution in [0.4, 0.5) is 11.5 Å². The van der Waals surface area contributed by atoms with Crippen LogP contribution in [-0.2, 0) is 0 Å². The SMILES string of the molecule is COc1ccc(-c2csc3nc(C)nc(Nc4ccc(C(C)C)cc4)c23)cc1. The maximum atomic E-state index is 5.28. The van der Waals surface area contributed by atoms with E-state index in [0.717, 1.165) is 44.4 Å². The summed E-state index contributed by atoms with van der Waals surface area (Å²) in [6, 6.07) is 16.6. The van der Waals surface area contributed by atoms with Crippen LogP contribution in [0.5, 0.6) is 5.75 Å². The van der Waals surface area contributed by atoms with Crippen LogP contribution in [0.1, 0.15) is 31.2 Å². The van der Waals surface area contributed by atoms with Gasteiger partial charge >= 0.3 is 0 Å². The van der Waals surface area contributed by atoms with Crippen molar-refractivity contribution in [2.45, 2.75) is 26.7 Å². The van der Waals surface area contributed by atoms with Crippen LogP contribution >= 0.6 is 11.3 Å². The zero-order chi connectivity index (χ0) is 19.7. The Morgan fingerprint density at radius 1 is 0.964 bits per heavy atom. The van der Waals surface area contributed by atoms with Crippen molar-refractivity contribution in [3.8, 4) is 16.9 Å². The molecule has 4 aromatic rings. The number of aryl methyl sites for hydroxylation is 1. The molecule has 0 aliphatic carbocycles. The highest BCUT2D eigenvalue weighted by Gasteiger charge is 2.15. The van der Waals surface area contributed by atoms with Crippen LogP contribution in [0.3, 0.4) is 0 Å². The second-order valence-corrected chi connectivity index (χ2v) is 7.94. The van der Waals surface area contributed by atoms with E-state index in [1.807, 2.05) is 19.1 Å². The number of anilines is 2. The molecule has 2 aromatic heterocycles. The summed E-state index contributed by atoms with van der Waals surface area (Å²) in [7, 11) is 1.68. The molecule has 0 spiro atoms. The fourth-order valence-corrected chi connectivity index (χ4v) is 4.20. The van der Waals surface area contributed by atoms with E-state index in [1.165, 1.54) is 5.56 Å². The Bertz CT molecular complexity index is 1100. The number of hydrogen-bond acceptors (Lipinski definition) is 5. The highest BCUT2D eigenvalue weighted by molar-refractivity contribution is 7.17. The monoisotopic (exact) mass is 389 g/mol. The fourth-order valence-electron chi connectivity index (χ4n) is 3.21. The van der Waals surface area contributed by atoms with Gasteiger partial charge in [0, 0.05) is 16.6 Å². The first kappa shape index (κ1) is 18.4. The molecule has 2 heterocycles. The molecule has 2 aromatic carbocycles. The first-order valence-corrected chi connectivity index (χ1v) is 10.2. The number of benzene rings is 2. The van der Waals surface area contributed by atoms with Gasteiger partial charge < -0.3 is 10.1 Å².